The lowest BCUT2D eigenvalue weighted by Crippen LogP contribution is -2.01. The van der Waals surface area contributed by atoms with Crippen LogP contribution in [0.25, 0.3) is 115 Å². The smallest absolute Gasteiger partial charge is 0.230 e. The number of furan rings is 2. The Morgan fingerprint density at radius 2 is 1.14 bits per heavy atom. The van der Waals surface area contributed by atoms with Crippen LogP contribution < -0.4 is 0 Å². The summed E-state index contributed by atoms with van der Waals surface area (Å²) in [6.07, 6.45) is 0. The van der Waals surface area contributed by atoms with Crippen molar-refractivity contribution >= 4 is 93.2 Å². The zero-order valence-corrected chi connectivity index (χ0v) is 29.6. The van der Waals surface area contributed by atoms with Crippen LogP contribution in [-0.2, 0) is 0 Å². The van der Waals surface area contributed by atoms with Gasteiger partial charge < -0.3 is 18.0 Å². The summed E-state index contributed by atoms with van der Waals surface area (Å²) in [5.41, 5.74) is 11.8. The molecule has 8 aromatic carbocycles. The van der Waals surface area contributed by atoms with E-state index in [-0.39, 0.29) is 0 Å². The number of rotatable bonds is 3. The van der Waals surface area contributed by atoms with Gasteiger partial charge in [0.1, 0.15) is 28.4 Å². The molecule has 0 radical (unpaired) electrons. The summed E-state index contributed by atoms with van der Waals surface area (Å²) >= 11 is 0. The van der Waals surface area contributed by atoms with Gasteiger partial charge in [-0.1, -0.05) is 97.1 Å². The van der Waals surface area contributed by atoms with E-state index < -0.39 is 0 Å². The zero-order valence-electron chi connectivity index (χ0n) is 29.6. The van der Waals surface area contributed by atoms with Gasteiger partial charge in [-0.25, -0.2) is 4.85 Å². The van der Waals surface area contributed by atoms with Crippen LogP contribution in [0.3, 0.4) is 0 Å². The molecular formula is C50H26N4O2. The van der Waals surface area contributed by atoms with Crippen LogP contribution in [0.4, 0.5) is 5.69 Å². The summed E-state index contributed by atoms with van der Waals surface area (Å²) in [5.74, 6) is 0. The third-order valence-corrected chi connectivity index (χ3v) is 11.4. The van der Waals surface area contributed by atoms with E-state index in [9.17, 15) is 5.26 Å². The van der Waals surface area contributed by atoms with Crippen LogP contribution in [0.1, 0.15) is 5.56 Å². The third kappa shape index (κ3) is 3.97. The van der Waals surface area contributed by atoms with E-state index in [4.69, 9.17) is 15.4 Å². The molecular weight excluding hydrogens is 689 g/mol. The van der Waals surface area contributed by atoms with Crippen LogP contribution in [0.5, 0.6) is 0 Å². The molecule has 12 aromatic rings. The lowest BCUT2D eigenvalue weighted by atomic mass is 9.99. The second-order valence-electron chi connectivity index (χ2n) is 14.2. The zero-order chi connectivity index (χ0) is 37.1. The van der Waals surface area contributed by atoms with Gasteiger partial charge in [0, 0.05) is 43.6 Å². The van der Waals surface area contributed by atoms with Crippen LogP contribution in [0.2, 0.25) is 0 Å². The Bertz CT molecular complexity index is 3730. The Morgan fingerprint density at radius 1 is 0.518 bits per heavy atom. The largest absolute Gasteiger partial charge is 0.467 e. The maximum Gasteiger partial charge on any atom is 0.230 e. The fraction of sp³-hybridized carbons (Fsp3) is 0. The van der Waals surface area contributed by atoms with E-state index in [1.54, 1.807) is 0 Å². The highest BCUT2D eigenvalue weighted by molar-refractivity contribution is 6.28. The highest BCUT2D eigenvalue weighted by Gasteiger charge is 2.24. The van der Waals surface area contributed by atoms with E-state index in [0.29, 0.717) is 16.8 Å². The van der Waals surface area contributed by atoms with Gasteiger partial charge in [-0.2, -0.15) is 5.26 Å². The molecule has 0 atom stereocenters. The summed E-state index contributed by atoms with van der Waals surface area (Å²) in [5, 5.41) is 19.0. The fourth-order valence-electron chi connectivity index (χ4n) is 9.07. The van der Waals surface area contributed by atoms with Crippen molar-refractivity contribution in [2.45, 2.75) is 0 Å². The molecule has 258 valence electrons. The maximum absolute atomic E-state index is 10.7. The van der Waals surface area contributed by atoms with E-state index >= 15 is 0 Å². The van der Waals surface area contributed by atoms with Crippen LogP contribution in [0, 0.1) is 17.9 Å². The Kier molecular flexibility index (Phi) is 6.10. The lowest BCUT2D eigenvalue weighted by molar-refractivity contribution is 0.669. The number of aromatic nitrogens is 2. The predicted octanol–water partition coefficient (Wildman–Crippen LogP) is 13.8. The van der Waals surface area contributed by atoms with Gasteiger partial charge in [-0.3, -0.25) is 0 Å². The van der Waals surface area contributed by atoms with E-state index in [2.05, 4.69) is 117 Å². The van der Waals surface area contributed by atoms with Crippen LogP contribution in [-0.4, -0.2) is 9.13 Å². The number of hydrogen-bond acceptors (Lipinski definition) is 3. The van der Waals surface area contributed by atoms with E-state index in [0.717, 1.165) is 104 Å². The molecule has 0 saturated heterocycles. The molecule has 12 rings (SSSR count). The molecule has 0 saturated carbocycles. The summed E-state index contributed by atoms with van der Waals surface area (Å²) in [6, 6.07) is 56.1. The van der Waals surface area contributed by atoms with Crippen LogP contribution in [0.15, 0.2) is 167 Å². The Balaban J connectivity index is 1.13. The van der Waals surface area contributed by atoms with Crippen molar-refractivity contribution in [3.8, 4) is 28.6 Å². The van der Waals surface area contributed by atoms with Crippen molar-refractivity contribution in [2.24, 2.45) is 0 Å². The number of fused-ring (bicyclic) bond motifs is 14. The number of nitriles is 1. The van der Waals surface area contributed by atoms with Gasteiger partial charge in [-0.15, -0.1) is 0 Å². The van der Waals surface area contributed by atoms with Crippen molar-refractivity contribution < 1.29 is 8.83 Å². The van der Waals surface area contributed by atoms with Crippen molar-refractivity contribution in [3.05, 3.63) is 175 Å². The SMILES string of the molecule is [C-]#[N+]c1cc2c3ccccc3n(-c3ccc(-c4cccc(C#N)c4-n4c5ccccc5c5ccc6oc7ccccc7c6c54)cc3)c2c2c1oc1ccccc12. The minimum atomic E-state index is 0.498. The maximum atomic E-state index is 10.7. The topological polar surface area (TPSA) is 64.3 Å². The molecule has 6 nitrogen and oxygen atoms in total. The molecule has 0 aliphatic heterocycles. The van der Waals surface area contributed by atoms with E-state index in [1.807, 2.05) is 60.7 Å². The lowest BCUT2D eigenvalue weighted by Gasteiger charge is -2.17. The molecule has 0 aliphatic rings. The molecule has 56 heavy (non-hydrogen) atoms. The number of hydrogen-bond donors (Lipinski definition) is 0. The normalized spacial score (nSPS) is 11.9. The molecule has 4 heterocycles. The summed E-state index contributed by atoms with van der Waals surface area (Å²) in [6.45, 7) is 8.04. The van der Waals surface area contributed by atoms with Crippen molar-refractivity contribution in [3.63, 3.8) is 0 Å². The number of benzene rings is 8. The molecule has 4 aromatic heterocycles. The second kappa shape index (κ2) is 11.2. The van der Waals surface area contributed by atoms with Crippen molar-refractivity contribution in [1.29, 1.82) is 5.26 Å². The van der Waals surface area contributed by atoms with Gasteiger partial charge in [0.15, 0.2) is 0 Å². The highest BCUT2D eigenvalue weighted by Crippen LogP contribution is 2.46. The monoisotopic (exact) mass is 714 g/mol. The summed E-state index contributed by atoms with van der Waals surface area (Å²) in [4.78, 5) is 3.90. The number of para-hydroxylation sites is 5. The first-order chi connectivity index (χ1) is 27.7. The Labute approximate surface area is 318 Å². The summed E-state index contributed by atoms with van der Waals surface area (Å²) < 4.78 is 17.3. The van der Waals surface area contributed by atoms with Crippen LogP contribution >= 0.6 is 0 Å². The molecule has 0 spiro atoms. The molecule has 0 amide bonds. The van der Waals surface area contributed by atoms with Gasteiger partial charge in [-0.05, 0) is 71.6 Å². The molecule has 0 fully saturated rings. The first-order valence-electron chi connectivity index (χ1n) is 18.4. The Morgan fingerprint density at radius 3 is 1.88 bits per heavy atom. The first kappa shape index (κ1) is 30.4. The van der Waals surface area contributed by atoms with Gasteiger partial charge >= 0.3 is 0 Å². The minimum absolute atomic E-state index is 0.498. The Hall–Kier alpha value is -8.06. The predicted molar refractivity (Wildman–Crippen MR) is 226 cm³/mol. The first-order valence-corrected chi connectivity index (χ1v) is 18.4. The average Bonchev–Trinajstić information content (AvgIpc) is 4.01. The highest BCUT2D eigenvalue weighted by atomic mass is 16.3. The average molecular weight is 715 g/mol. The standard InChI is InChI=1S/C50H26N4O2/c1-52-39-27-38-34-13-3-6-17-40(34)53(49(38)46-37-15-5-9-20-43(37)56-50(39)46)31-23-21-29(22-24-31)32-16-10-11-30(28-51)47(32)54-41-18-7-2-12-33(41)35-25-26-44-45(48(35)54)36-14-4-8-19-42(36)55-44/h2-27H. The molecule has 0 bridgehead atoms. The van der Waals surface area contributed by atoms with E-state index in [1.165, 1.54) is 0 Å². The molecule has 0 unspecified atom stereocenters. The fourth-order valence-corrected chi connectivity index (χ4v) is 9.07. The quantitative estimate of drug-likeness (QED) is 0.171. The van der Waals surface area contributed by atoms with Gasteiger partial charge in [0.25, 0.3) is 0 Å². The van der Waals surface area contributed by atoms with Gasteiger partial charge in [0.2, 0.25) is 5.69 Å². The van der Waals surface area contributed by atoms with Crippen molar-refractivity contribution in [1.82, 2.24) is 9.13 Å². The molecule has 6 heteroatoms. The molecule has 0 aliphatic carbocycles. The molecule has 0 N–H and O–H groups in total. The van der Waals surface area contributed by atoms with Crippen molar-refractivity contribution in [2.75, 3.05) is 0 Å². The third-order valence-electron chi connectivity index (χ3n) is 11.4. The van der Waals surface area contributed by atoms with Gasteiger partial charge in [0.05, 0.1) is 45.3 Å². The number of nitrogens with zero attached hydrogens (tertiary/aromatic N) is 4. The second-order valence-corrected chi connectivity index (χ2v) is 14.2. The summed E-state index contributed by atoms with van der Waals surface area (Å²) in [7, 11) is 0. The minimum Gasteiger partial charge on any atom is -0.467 e.